The number of nitrogens with one attached hydrogen (secondary N) is 1. The first-order valence-corrected chi connectivity index (χ1v) is 6.59. The van der Waals surface area contributed by atoms with Crippen molar-refractivity contribution >= 4 is 10.0 Å². The van der Waals surface area contributed by atoms with Gasteiger partial charge in [0.25, 0.3) is 0 Å². The molecule has 1 N–H and O–H groups in total. The largest absolute Gasteiger partial charge is 0.285 e. The van der Waals surface area contributed by atoms with Gasteiger partial charge in [0.05, 0.1) is 11.9 Å². The molecule has 1 heterocycles. The van der Waals surface area contributed by atoms with E-state index in [1.54, 1.807) is 19.4 Å². The number of rotatable bonds is 6. The third-order valence-corrected chi connectivity index (χ3v) is 4.07. The van der Waals surface area contributed by atoms with Gasteiger partial charge in [0.2, 0.25) is 10.0 Å². The van der Waals surface area contributed by atoms with Crippen LogP contribution >= 0.6 is 0 Å². The summed E-state index contributed by atoms with van der Waals surface area (Å²) in [5.41, 5.74) is 0.873. The van der Waals surface area contributed by atoms with E-state index in [1.807, 2.05) is 6.92 Å². The maximum absolute atomic E-state index is 11.7. The number of unbranched alkanes of at least 4 members (excludes halogenated alkanes) is 1. The maximum atomic E-state index is 11.7. The van der Waals surface area contributed by atoms with E-state index in [1.165, 1.54) is 4.31 Å². The van der Waals surface area contributed by atoms with Crippen molar-refractivity contribution in [2.45, 2.75) is 26.3 Å². The highest BCUT2D eigenvalue weighted by atomic mass is 32.2. The summed E-state index contributed by atoms with van der Waals surface area (Å²) in [7, 11) is -1.51. The lowest BCUT2D eigenvalue weighted by atomic mass is 10.4. The molecule has 0 aliphatic rings. The van der Waals surface area contributed by atoms with Crippen LogP contribution in [0.2, 0.25) is 0 Å². The number of sulfonamides is 1. The first-order chi connectivity index (χ1) is 7.06. The molecular weight excluding hydrogens is 214 g/mol. The minimum atomic E-state index is -3.11. The average molecular weight is 231 g/mol. The third kappa shape index (κ3) is 3.64. The molecule has 6 heteroatoms. The van der Waals surface area contributed by atoms with Crippen LogP contribution in [0.4, 0.5) is 0 Å². The number of hydrogen-bond donors (Lipinski definition) is 1. The van der Waals surface area contributed by atoms with Gasteiger partial charge in [-0.15, -0.1) is 0 Å². The van der Waals surface area contributed by atoms with Gasteiger partial charge in [0.15, 0.2) is 0 Å². The van der Waals surface area contributed by atoms with Crippen LogP contribution in [-0.2, 0) is 16.6 Å². The lowest BCUT2D eigenvalue weighted by molar-refractivity contribution is 0.465. The number of aromatic amines is 1. The van der Waals surface area contributed by atoms with Crippen LogP contribution in [0, 0.1) is 0 Å². The molecule has 1 rings (SSSR count). The second-order valence-electron chi connectivity index (χ2n) is 3.53. The van der Waals surface area contributed by atoms with Crippen LogP contribution in [0.5, 0.6) is 0 Å². The van der Waals surface area contributed by atoms with E-state index >= 15 is 0 Å². The van der Waals surface area contributed by atoms with Gasteiger partial charge in [-0.2, -0.15) is 5.10 Å². The summed E-state index contributed by atoms with van der Waals surface area (Å²) in [6.45, 7) is 2.36. The fraction of sp³-hybridized carbons (Fsp3) is 0.667. The van der Waals surface area contributed by atoms with Gasteiger partial charge in [-0.1, -0.05) is 13.3 Å². The van der Waals surface area contributed by atoms with Crippen LogP contribution in [0.25, 0.3) is 0 Å². The smallest absolute Gasteiger partial charge is 0.214 e. The zero-order valence-corrected chi connectivity index (χ0v) is 9.92. The Bertz CT molecular complexity index is 372. The molecule has 0 amide bonds. The quantitative estimate of drug-likeness (QED) is 0.793. The Balaban J connectivity index is 2.56. The third-order valence-electron chi connectivity index (χ3n) is 2.19. The maximum Gasteiger partial charge on any atom is 0.214 e. The molecule has 0 fully saturated rings. The Morgan fingerprint density at radius 2 is 2.27 bits per heavy atom. The van der Waals surface area contributed by atoms with Gasteiger partial charge in [-0.3, -0.25) is 5.10 Å². The number of nitrogens with zero attached hydrogens (tertiary/aromatic N) is 2. The Morgan fingerprint density at radius 3 is 2.80 bits per heavy atom. The predicted molar refractivity (Wildman–Crippen MR) is 58.7 cm³/mol. The van der Waals surface area contributed by atoms with Crippen LogP contribution in [0.3, 0.4) is 0 Å². The van der Waals surface area contributed by atoms with E-state index < -0.39 is 10.0 Å². The molecule has 0 aliphatic heterocycles. The summed E-state index contributed by atoms with van der Waals surface area (Å²) in [6.07, 6.45) is 4.93. The topological polar surface area (TPSA) is 66.1 Å². The lowest BCUT2D eigenvalue weighted by Gasteiger charge is -2.15. The standard InChI is InChI=1S/C9H17N3O2S/c1-3-4-5-15(13,14)12(2)8-9-6-10-11-7-9/h6-7H,3-5,8H2,1-2H3,(H,10,11). The van der Waals surface area contributed by atoms with Crippen LogP contribution < -0.4 is 0 Å². The fourth-order valence-electron chi connectivity index (χ4n) is 1.20. The molecule has 0 spiro atoms. The van der Waals surface area contributed by atoms with Gasteiger partial charge in [0, 0.05) is 25.4 Å². The monoisotopic (exact) mass is 231 g/mol. The molecule has 1 aromatic rings. The highest BCUT2D eigenvalue weighted by molar-refractivity contribution is 7.89. The van der Waals surface area contributed by atoms with Gasteiger partial charge >= 0.3 is 0 Å². The summed E-state index contributed by atoms with van der Waals surface area (Å²) in [4.78, 5) is 0. The number of hydrogen-bond acceptors (Lipinski definition) is 3. The SMILES string of the molecule is CCCCS(=O)(=O)N(C)Cc1cn[nH]c1. The van der Waals surface area contributed by atoms with Crippen molar-refractivity contribution in [3.8, 4) is 0 Å². The molecule has 5 nitrogen and oxygen atoms in total. The zero-order chi connectivity index (χ0) is 11.3. The van der Waals surface area contributed by atoms with E-state index in [0.29, 0.717) is 13.0 Å². The van der Waals surface area contributed by atoms with Crippen molar-refractivity contribution in [3.05, 3.63) is 18.0 Å². The minimum absolute atomic E-state index is 0.220. The van der Waals surface area contributed by atoms with E-state index in [4.69, 9.17) is 0 Å². The normalized spacial score (nSPS) is 12.2. The molecule has 1 aromatic heterocycles. The van der Waals surface area contributed by atoms with Crippen molar-refractivity contribution in [1.29, 1.82) is 0 Å². The highest BCUT2D eigenvalue weighted by Crippen LogP contribution is 2.07. The Morgan fingerprint density at radius 1 is 1.53 bits per heavy atom. The van der Waals surface area contributed by atoms with E-state index in [9.17, 15) is 8.42 Å². The summed E-state index contributed by atoms with van der Waals surface area (Å²) in [5.74, 6) is 0.220. The molecule has 0 saturated heterocycles. The highest BCUT2D eigenvalue weighted by Gasteiger charge is 2.17. The van der Waals surface area contributed by atoms with Crippen molar-refractivity contribution in [2.75, 3.05) is 12.8 Å². The van der Waals surface area contributed by atoms with Gasteiger partial charge < -0.3 is 0 Å². The van der Waals surface area contributed by atoms with Crippen molar-refractivity contribution in [1.82, 2.24) is 14.5 Å². The van der Waals surface area contributed by atoms with E-state index in [2.05, 4.69) is 10.2 Å². The molecular formula is C9H17N3O2S. The molecule has 86 valence electrons. The molecule has 0 saturated carbocycles. The van der Waals surface area contributed by atoms with E-state index in [-0.39, 0.29) is 5.75 Å². The molecule has 0 unspecified atom stereocenters. The molecule has 0 aromatic carbocycles. The van der Waals surface area contributed by atoms with Crippen molar-refractivity contribution in [2.24, 2.45) is 0 Å². The Hall–Kier alpha value is -0.880. The average Bonchev–Trinajstić information content (AvgIpc) is 2.67. The second kappa shape index (κ2) is 5.27. The lowest BCUT2D eigenvalue weighted by Crippen LogP contribution is -2.28. The molecule has 15 heavy (non-hydrogen) atoms. The Labute approximate surface area is 90.5 Å². The molecule has 0 bridgehead atoms. The van der Waals surface area contributed by atoms with Crippen molar-refractivity contribution in [3.63, 3.8) is 0 Å². The first kappa shape index (κ1) is 12.2. The van der Waals surface area contributed by atoms with Crippen LogP contribution in [-0.4, -0.2) is 35.7 Å². The second-order valence-corrected chi connectivity index (χ2v) is 5.73. The minimum Gasteiger partial charge on any atom is -0.285 e. The van der Waals surface area contributed by atoms with Gasteiger partial charge in [-0.25, -0.2) is 12.7 Å². The number of aromatic nitrogens is 2. The van der Waals surface area contributed by atoms with Crippen LogP contribution in [0.1, 0.15) is 25.3 Å². The van der Waals surface area contributed by atoms with Crippen molar-refractivity contribution < 1.29 is 8.42 Å². The molecule has 0 atom stereocenters. The zero-order valence-electron chi connectivity index (χ0n) is 9.10. The molecule has 0 radical (unpaired) electrons. The van der Waals surface area contributed by atoms with Gasteiger partial charge in [0.1, 0.15) is 0 Å². The summed E-state index contributed by atoms with van der Waals surface area (Å²) in [6, 6.07) is 0. The predicted octanol–water partition coefficient (Wildman–Crippen LogP) is 0.971. The molecule has 0 aliphatic carbocycles. The fourth-order valence-corrected chi connectivity index (χ4v) is 2.51. The number of H-pyrrole nitrogens is 1. The summed E-state index contributed by atoms with van der Waals surface area (Å²) >= 11 is 0. The Kier molecular flexibility index (Phi) is 4.28. The summed E-state index contributed by atoms with van der Waals surface area (Å²) < 4.78 is 24.8. The van der Waals surface area contributed by atoms with Crippen LogP contribution in [0.15, 0.2) is 12.4 Å². The van der Waals surface area contributed by atoms with Gasteiger partial charge in [-0.05, 0) is 6.42 Å². The first-order valence-electron chi connectivity index (χ1n) is 4.98. The van der Waals surface area contributed by atoms with E-state index in [0.717, 1.165) is 12.0 Å². The summed E-state index contributed by atoms with van der Waals surface area (Å²) in [5, 5.41) is 6.43.